The second kappa shape index (κ2) is 10.7. The number of carbonyl (C=O) groups is 2. The van der Waals surface area contributed by atoms with Crippen molar-refractivity contribution < 1.29 is 14.3 Å². The van der Waals surface area contributed by atoms with Gasteiger partial charge < -0.3 is 20.8 Å². The number of rotatable bonds is 9. The van der Waals surface area contributed by atoms with E-state index in [1.54, 1.807) is 30.3 Å². The zero-order valence-electron chi connectivity index (χ0n) is 18.3. The molecule has 0 aliphatic rings. The van der Waals surface area contributed by atoms with E-state index >= 15 is 0 Å². The number of hydrogen-bond donors (Lipinski definition) is 3. The summed E-state index contributed by atoms with van der Waals surface area (Å²) < 4.78 is 5.24. The number of halogens is 1. The van der Waals surface area contributed by atoms with E-state index in [1.165, 1.54) is 6.08 Å². The Morgan fingerprint density at radius 2 is 1.74 bits per heavy atom. The van der Waals surface area contributed by atoms with Crippen molar-refractivity contribution in [2.45, 2.75) is 5.92 Å². The molecule has 4 aromatic rings. The first kappa shape index (κ1) is 23.1. The number of H-pyrrole nitrogens is 1. The zero-order valence-corrected chi connectivity index (χ0v) is 19.1. The molecular weight excluding hydrogens is 450 g/mol. The van der Waals surface area contributed by atoms with Gasteiger partial charge in [0.05, 0.1) is 0 Å². The van der Waals surface area contributed by atoms with Crippen LogP contribution in [0.2, 0.25) is 5.02 Å². The van der Waals surface area contributed by atoms with Gasteiger partial charge in [0.1, 0.15) is 5.75 Å². The molecule has 4 rings (SSSR count). The van der Waals surface area contributed by atoms with Crippen molar-refractivity contribution in [3.8, 4) is 5.75 Å². The molecule has 4 N–H and O–H groups in total. The Morgan fingerprint density at radius 3 is 2.50 bits per heavy atom. The van der Waals surface area contributed by atoms with E-state index in [0.29, 0.717) is 17.3 Å². The molecule has 1 atom stereocenters. The molecule has 0 saturated carbocycles. The van der Waals surface area contributed by atoms with Crippen LogP contribution in [0.15, 0.2) is 85.1 Å². The Bertz CT molecular complexity index is 1330. The van der Waals surface area contributed by atoms with Crippen LogP contribution in [0.3, 0.4) is 0 Å². The highest BCUT2D eigenvalue weighted by molar-refractivity contribution is 6.31. The second-order valence-electron chi connectivity index (χ2n) is 7.77. The highest BCUT2D eigenvalue weighted by atomic mass is 35.5. The topological polar surface area (TPSA) is 97.2 Å². The molecule has 1 unspecified atom stereocenters. The van der Waals surface area contributed by atoms with E-state index in [0.717, 1.165) is 27.6 Å². The molecule has 172 valence electrons. The number of amides is 2. The largest absolute Gasteiger partial charge is 0.484 e. The predicted molar refractivity (Wildman–Crippen MR) is 135 cm³/mol. The minimum Gasteiger partial charge on any atom is -0.484 e. The second-order valence-corrected chi connectivity index (χ2v) is 8.17. The maximum Gasteiger partial charge on any atom is 0.255 e. The fourth-order valence-electron chi connectivity index (χ4n) is 3.79. The number of para-hydroxylation sites is 1. The lowest BCUT2D eigenvalue weighted by Gasteiger charge is -2.19. The van der Waals surface area contributed by atoms with Crippen molar-refractivity contribution >= 4 is 40.4 Å². The van der Waals surface area contributed by atoms with Crippen LogP contribution >= 0.6 is 11.6 Å². The van der Waals surface area contributed by atoms with Crippen molar-refractivity contribution in [2.75, 3.05) is 13.2 Å². The van der Waals surface area contributed by atoms with Gasteiger partial charge in [-0.05, 0) is 47.0 Å². The summed E-state index contributed by atoms with van der Waals surface area (Å²) >= 11 is 6.52. The van der Waals surface area contributed by atoms with E-state index < -0.39 is 5.91 Å². The van der Waals surface area contributed by atoms with Gasteiger partial charge >= 0.3 is 0 Å². The number of carbonyl (C=O) groups excluding carboxylic acids is 2. The average Bonchev–Trinajstić information content (AvgIpc) is 3.27. The number of hydrogen-bond acceptors (Lipinski definition) is 3. The van der Waals surface area contributed by atoms with Crippen LogP contribution in [-0.2, 0) is 9.59 Å². The third-order valence-corrected chi connectivity index (χ3v) is 5.79. The Balaban J connectivity index is 1.47. The van der Waals surface area contributed by atoms with E-state index in [4.69, 9.17) is 22.1 Å². The summed E-state index contributed by atoms with van der Waals surface area (Å²) in [7, 11) is 0. The van der Waals surface area contributed by atoms with Crippen molar-refractivity contribution in [1.29, 1.82) is 0 Å². The van der Waals surface area contributed by atoms with Crippen molar-refractivity contribution in [3.63, 3.8) is 0 Å². The van der Waals surface area contributed by atoms with Gasteiger partial charge in [-0.3, -0.25) is 9.59 Å². The monoisotopic (exact) mass is 473 g/mol. The highest BCUT2D eigenvalue weighted by Crippen LogP contribution is 2.34. The molecule has 3 aromatic carbocycles. The van der Waals surface area contributed by atoms with Crippen LogP contribution in [-0.4, -0.2) is 29.9 Å². The zero-order chi connectivity index (χ0) is 23.9. The lowest BCUT2D eigenvalue weighted by molar-refractivity contribution is -0.120. The van der Waals surface area contributed by atoms with Gasteiger partial charge in [0.2, 0.25) is 5.91 Å². The maximum absolute atomic E-state index is 12.6. The molecule has 6 nitrogen and oxygen atoms in total. The van der Waals surface area contributed by atoms with Crippen LogP contribution in [0.4, 0.5) is 0 Å². The third kappa shape index (κ3) is 5.66. The molecule has 0 fully saturated rings. The molecule has 0 spiro atoms. The third-order valence-electron chi connectivity index (χ3n) is 5.45. The Morgan fingerprint density at radius 1 is 1.00 bits per heavy atom. The van der Waals surface area contributed by atoms with E-state index in [2.05, 4.69) is 16.4 Å². The number of benzene rings is 3. The Labute approximate surface area is 202 Å². The average molecular weight is 474 g/mol. The van der Waals surface area contributed by atoms with Gasteiger partial charge in [0.15, 0.2) is 6.61 Å². The molecule has 2 amide bonds. The number of ether oxygens (including phenoxy) is 1. The quantitative estimate of drug-likeness (QED) is 0.309. The van der Waals surface area contributed by atoms with Gasteiger partial charge in [-0.1, -0.05) is 60.1 Å². The number of nitrogens with one attached hydrogen (secondary N) is 2. The number of nitrogens with two attached hydrogens (primary N) is 1. The summed E-state index contributed by atoms with van der Waals surface area (Å²) in [6.07, 6.45) is 5.17. The number of primary amides is 1. The van der Waals surface area contributed by atoms with Crippen molar-refractivity contribution in [1.82, 2.24) is 10.3 Å². The lowest BCUT2D eigenvalue weighted by atomic mass is 9.90. The summed E-state index contributed by atoms with van der Waals surface area (Å²) in [6.45, 7) is 0.204. The van der Waals surface area contributed by atoms with Crippen LogP contribution < -0.4 is 15.8 Å². The van der Waals surface area contributed by atoms with E-state index in [-0.39, 0.29) is 18.4 Å². The summed E-state index contributed by atoms with van der Waals surface area (Å²) in [5, 5.41) is 4.75. The molecule has 0 aliphatic heterocycles. The number of fused-ring (bicyclic) bond motifs is 1. The normalized spacial score (nSPS) is 12.0. The molecule has 1 aromatic heterocycles. The first-order valence-electron chi connectivity index (χ1n) is 10.8. The van der Waals surface area contributed by atoms with Crippen LogP contribution in [0.25, 0.3) is 17.0 Å². The molecule has 1 heterocycles. The molecule has 0 saturated heterocycles. The molecule has 0 bridgehead atoms. The van der Waals surface area contributed by atoms with Gasteiger partial charge in [-0.15, -0.1) is 0 Å². The van der Waals surface area contributed by atoms with E-state index in [9.17, 15) is 9.59 Å². The van der Waals surface area contributed by atoms with Gasteiger partial charge in [-0.25, -0.2) is 0 Å². The van der Waals surface area contributed by atoms with Crippen LogP contribution in [0.1, 0.15) is 22.6 Å². The first-order chi connectivity index (χ1) is 16.5. The van der Waals surface area contributed by atoms with Crippen molar-refractivity contribution in [3.05, 3.63) is 107 Å². The summed E-state index contributed by atoms with van der Waals surface area (Å²) in [4.78, 5) is 26.7. The molecular formula is C27H24ClN3O3. The lowest BCUT2D eigenvalue weighted by Crippen LogP contribution is -2.27. The van der Waals surface area contributed by atoms with Gasteiger partial charge in [0, 0.05) is 40.7 Å². The fourth-order valence-corrected chi connectivity index (χ4v) is 4.06. The predicted octanol–water partition coefficient (Wildman–Crippen LogP) is 4.65. The Kier molecular flexibility index (Phi) is 7.30. The van der Waals surface area contributed by atoms with Crippen molar-refractivity contribution in [2.24, 2.45) is 5.73 Å². The minimum atomic E-state index is -0.539. The smallest absolute Gasteiger partial charge is 0.255 e. The Hall–Kier alpha value is -4.03. The fraction of sp³-hybridized carbons (Fsp3) is 0.111. The summed E-state index contributed by atoms with van der Waals surface area (Å²) in [5.74, 6) is -0.347. The first-order valence-corrected chi connectivity index (χ1v) is 11.2. The molecule has 34 heavy (non-hydrogen) atoms. The standard InChI is InChI=1S/C27H24ClN3O3/c28-24-7-3-1-5-20(24)22(23-15-30-25-8-4-2-6-21(23)25)16-31-27(33)14-11-18-9-12-19(13-10-18)34-17-26(29)32/h1-15,22,30H,16-17H2,(H2,29,32)(H,31,33)/b14-11+. The van der Waals surface area contributed by atoms with Gasteiger partial charge in [0.25, 0.3) is 5.91 Å². The number of aromatic nitrogens is 1. The van der Waals surface area contributed by atoms with Gasteiger partial charge in [-0.2, -0.15) is 0 Å². The van der Waals surface area contributed by atoms with Crippen LogP contribution in [0.5, 0.6) is 5.75 Å². The summed E-state index contributed by atoms with van der Waals surface area (Å²) in [6, 6.07) is 22.7. The highest BCUT2D eigenvalue weighted by Gasteiger charge is 2.20. The maximum atomic E-state index is 12.6. The summed E-state index contributed by atoms with van der Waals surface area (Å²) in [5.41, 5.74) is 8.95. The molecule has 7 heteroatoms. The molecule has 0 aliphatic carbocycles. The minimum absolute atomic E-state index is 0.121. The number of aromatic amines is 1. The van der Waals surface area contributed by atoms with E-state index in [1.807, 2.05) is 48.7 Å². The molecule has 0 radical (unpaired) electrons. The SMILES string of the molecule is NC(=O)COc1ccc(/C=C/C(=O)NCC(c2ccccc2Cl)c2c[nH]c3ccccc23)cc1. The van der Waals surface area contributed by atoms with Crippen LogP contribution in [0, 0.1) is 0 Å².